The SMILES string of the molecule is CC/C=C\C/C=C\C/C=C\C/C=C\C/C=C\CCCCCC(=O)OC(COC(=O)CCCCCCCCC/C=C\C/C=C\CCCCC)COC1OC(CS(=O)(=O)O)C(O)C(O)C1O. The lowest BCUT2D eigenvalue weighted by atomic mass is 10.00. The van der Waals surface area contributed by atoms with E-state index < -0.39 is 71.2 Å². The minimum Gasteiger partial charge on any atom is -0.462 e. The highest BCUT2D eigenvalue weighted by atomic mass is 32.2. The van der Waals surface area contributed by atoms with E-state index in [-0.39, 0.29) is 19.4 Å². The number of rotatable bonds is 39. The maximum absolute atomic E-state index is 12.8. The molecular weight excluding hydrogens is 837 g/mol. The fraction of sp³-hybridized carbons (Fsp3) is 0.686. The number of hydrogen-bond donors (Lipinski definition) is 4. The summed E-state index contributed by atoms with van der Waals surface area (Å²) in [6.45, 7) is 3.58. The Labute approximate surface area is 386 Å². The van der Waals surface area contributed by atoms with Gasteiger partial charge in [0.05, 0.1) is 6.61 Å². The molecular formula is C51H84O12S. The number of aliphatic hydroxyl groups excluding tert-OH is 3. The van der Waals surface area contributed by atoms with Crippen molar-refractivity contribution >= 4 is 22.1 Å². The maximum atomic E-state index is 12.8. The first-order valence-corrected chi connectivity index (χ1v) is 25.8. The molecule has 0 aromatic heterocycles. The zero-order valence-corrected chi connectivity index (χ0v) is 39.9. The van der Waals surface area contributed by atoms with Gasteiger partial charge in [0.25, 0.3) is 10.1 Å². The molecule has 0 aromatic rings. The maximum Gasteiger partial charge on any atom is 0.306 e. The molecule has 1 rings (SSSR count). The van der Waals surface area contributed by atoms with Crippen LogP contribution in [0.25, 0.3) is 0 Å². The first-order chi connectivity index (χ1) is 31.0. The first kappa shape index (κ1) is 58.8. The van der Waals surface area contributed by atoms with Gasteiger partial charge in [-0.25, -0.2) is 0 Å². The van der Waals surface area contributed by atoms with Crippen LogP contribution in [0, 0.1) is 0 Å². The molecule has 1 aliphatic heterocycles. The molecule has 6 unspecified atom stereocenters. The van der Waals surface area contributed by atoms with E-state index in [0.717, 1.165) is 89.9 Å². The van der Waals surface area contributed by atoms with Crippen LogP contribution < -0.4 is 0 Å². The Balaban J connectivity index is 2.46. The van der Waals surface area contributed by atoms with Gasteiger partial charge in [-0.1, -0.05) is 150 Å². The molecule has 0 aromatic carbocycles. The Kier molecular flexibility index (Phi) is 36.9. The highest BCUT2D eigenvalue weighted by Gasteiger charge is 2.46. The fourth-order valence-corrected chi connectivity index (χ4v) is 7.42. The molecule has 1 saturated heterocycles. The van der Waals surface area contributed by atoms with Crippen LogP contribution in [0.2, 0.25) is 0 Å². The van der Waals surface area contributed by atoms with Gasteiger partial charge >= 0.3 is 11.9 Å². The number of esters is 2. The van der Waals surface area contributed by atoms with Crippen LogP contribution in [0.15, 0.2) is 85.1 Å². The van der Waals surface area contributed by atoms with Crippen molar-refractivity contribution < 1.29 is 56.8 Å². The number of unbranched alkanes of at least 4 members (excludes halogenated alkanes) is 13. The Morgan fingerprint density at radius 2 is 0.984 bits per heavy atom. The zero-order chi connectivity index (χ0) is 46.9. The molecule has 0 amide bonds. The van der Waals surface area contributed by atoms with Crippen LogP contribution in [0.4, 0.5) is 0 Å². The number of ether oxygens (including phenoxy) is 4. The quantitative estimate of drug-likeness (QED) is 0.0198. The number of carbonyl (C=O) groups excluding carboxylic acids is 2. The van der Waals surface area contributed by atoms with Gasteiger partial charge in [0.2, 0.25) is 0 Å². The average Bonchev–Trinajstić information content (AvgIpc) is 3.26. The van der Waals surface area contributed by atoms with E-state index >= 15 is 0 Å². The van der Waals surface area contributed by atoms with E-state index in [1.54, 1.807) is 0 Å². The van der Waals surface area contributed by atoms with Crippen molar-refractivity contribution in [3.63, 3.8) is 0 Å². The van der Waals surface area contributed by atoms with Crippen LogP contribution in [0.5, 0.6) is 0 Å². The predicted molar refractivity (Wildman–Crippen MR) is 256 cm³/mol. The zero-order valence-electron chi connectivity index (χ0n) is 39.1. The Bertz CT molecular complexity index is 1500. The van der Waals surface area contributed by atoms with Gasteiger partial charge in [0.15, 0.2) is 12.4 Å². The normalized spacial score (nSPS) is 20.4. The van der Waals surface area contributed by atoms with Crippen LogP contribution >= 0.6 is 0 Å². The summed E-state index contributed by atoms with van der Waals surface area (Å²) < 4.78 is 54.1. The Morgan fingerprint density at radius 3 is 1.48 bits per heavy atom. The van der Waals surface area contributed by atoms with Gasteiger partial charge in [-0.05, 0) is 89.9 Å². The molecule has 4 N–H and O–H groups in total. The summed E-state index contributed by atoms with van der Waals surface area (Å²) in [6, 6.07) is 0. The van der Waals surface area contributed by atoms with E-state index in [4.69, 9.17) is 18.9 Å². The summed E-state index contributed by atoms with van der Waals surface area (Å²) in [7, 11) is -4.61. The lowest BCUT2D eigenvalue weighted by Gasteiger charge is -2.40. The lowest BCUT2D eigenvalue weighted by Crippen LogP contribution is -2.60. The van der Waals surface area contributed by atoms with Crippen molar-refractivity contribution in [1.29, 1.82) is 0 Å². The van der Waals surface area contributed by atoms with Gasteiger partial charge in [-0.2, -0.15) is 8.42 Å². The van der Waals surface area contributed by atoms with Crippen LogP contribution in [0.1, 0.15) is 168 Å². The van der Waals surface area contributed by atoms with Crippen molar-refractivity contribution in [3.8, 4) is 0 Å². The molecule has 64 heavy (non-hydrogen) atoms. The van der Waals surface area contributed by atoms with E-state index in [0.29, 0.717) is 12.8 Å². The number of carbonyl (C=O) groups is 2. The molecule has 366 valence electrons. The van der Waals surface area contributed by atoms with Gasteiger partial charge in [-0.3, -0.25) is 14.1 Å². The summed E-state index contributed by atoms with van der Waals surface area (Å²) in [5.74, 6) is -2.05. The Hall–Kier alpha value is -3.17. The molecule has 1 aliphatic rings. The summed E-state index contributed by atoms with van der Waals surface area (Å²) in [5, 5.41) is 30.9. The number of hydrogen-bond acceptors (Lipinski definition) is 11. The second-order valence-electron chi connectivity index (χ2n) is 16.4. The summed E-state index contributed by atoms with van der Waals surface area (Å²) in [4.78, 5) is 25.5. The van der Waals surface area contributed by atoms with Crippen molar-refractivity contribution in [2.75, 3.05) is 19.0 Å². The molecule has 6 atom stereocenters. The molecule has 0 radical (unpaired) electrons. The van der Waals surface area contributed by atoms with E-state index in [2.05, 4.69) is 98.9 Å². The van der Waals surface area contributed by atoms with Crippen molar-refractivity contribution in [3.05, 3.63) is 85.1 Å². The first-order valence-electron chi connectivity index (χ1n) is 24.1. The topological polar surface area (TPSA) is 186 Å². The fourth-order valence-electron chi connectivity index (χ4n) is 6.73. The number of allylic oxidation sites excluding steroid dienone is 14. The molecule has 1 heterocycles. The third kappa shape index (κ3) is 34.2. The van der Waals surface area contributed by atoms with Gasteiger partial charge < -0.3 is 34.3 Å². The van der Waals surface area contributed by atoms with E-state index in [9.17, 15) is 37.9 Å². The van der Waals surface area contributed by atoms with E-state index in [1.165, 1.54) is 38.5 Å². The van der Waals surface area contributed by atoms with Crippen molar-refractivity contribution in [1.82, 2.24) is 0 Å². The summed E-state index contributed by atoms with van der Waals surface area (Å²) in [5.41, 5.74) is 0. The minimum absolute atomic E-state index is 0.119. The van der Waals surface area contributed by atoms with Gasteiger partial charge in [0, 0.05) is 12.8 Å². The molecule has 12 nitrogen and oxygen atoms in total. The molecule has 0 saturated carbocycles. The molecule has 0 spiro atoms. The second-order valence-corrected chi connectivity index (χ2v) is 17.9. The number of aliphatic hydroxyl groups is 3. The van der Waals surface area contributed by atoms with E-state index in [1.807, 2.05) is 0 Å². The smallest absolute Gasteiger partial charge is 0.306 e. The average molecular weight is 921 g/mol. The van der Waals surface area contributed by atoms with Crippen molar-refractivity contribution in [2.24, 2.45) is 0 Å². The monoisotopic (exact) mass is 921 g/mol. The second kappa shape index (κ2) is 40.1. The van der Waals surface area contributed by atoms with Crippen molar-refractivity contribution in [2.45, 2.75) is 205 Å². The largest absolute Gasteiger partial charge is 0.462 e. The molecule has 13 heteroatoms. The third-order valence-corrected chi connectivity index (χ3v) is 11.2. The summed E-state index contributed by atoms with van der Waals surface area (Å²) >= 11 is 0. The Morgan fingerprint density at radius 1 is 0.547 bits per heavy atom. The highest BCUT2D eigenvalue weighted by molar-refractivity contribution is 7.85. The van der Waals surface area contributed by atoms with Gasteiger partial charge in [-0.15, -0.1) is 0 Å². The predicted octanol–water partition coefficient (Wildman–Crippen LogP) is 10.4. The molecule has 0 bridgehead atoms. The highest BCUT2D eigenvalue weighted by Crippen LogP contribution is 2.24. The third-order valence-electron chi connectivity index (χ3n) is 10.5. The van der Waals surface area contributed by atoms with Crippen LogP contribution in [0.3, 0.4) is 0 Å². The molecule has 1 fully saturated rings. The molecule has 0 aliphatic carbocycles. The van der Waals surface area contributed by atoms with Crippen LogP contribution in [-0.4, -0.2) is 96.0 Å². The standard InChI is InChI=1S/C51H84O12S/c1-3-5-7-9-11-13-15-17-19-21-22-24-26-28-30-32-34-36-38-40-47(53)62-44(42-61-51-50(56)49(55)48(54)45(63-51)43-64(57,58)59)41-60-46(52)39-37-35-33-31-29-27-25-23-20-18-16-14-12-10-8-6-4-2/h5,7,11-14,17-20,22,24,28,30,44-45,48-51,54-56H,3-4,6,8-10,15-16,21,23,25-27,29,31-43H2,1-2H3,(H,57,58,59)/b7-5-,13-11-,14-12-,19-17-,20-18-,24-22-,30-28-. The van der Waals surface area contributed by atoms with Gasteiger partial charge in [0.1, 0.15) is 36.8 Å². The van der Waals surface area contributed by atoms with Crippen LogP contribution in [-0.2, 0) is 38.7 Å². The summed E-state index contributed by atoms with van der Waals surface area (Å²) in [6.07, 6.45) is 43.3. The lowest BCUT2D eigenvalue weighted by molar-refractivity contribution is -0.297. The minimum atomic E-state index is -4.61.